The molecular formula is C15H22NO. The van der Waals surface area contributed by atoms with Crippen LogP contribution in [-0.4, -0.2) is 5.91 Å². The summed E-state index contributed by atoms with van der Waals surface area (Å²) in [5.74, 6) is 0.116. The third-order valence-electron chi connectivity index (χ3n) is 2.68. The number of rotatable bonds is 7. The van der Waals surface area contributed by atoms with E-state index in [1.165, 1.54) is 5.56 Å². The Hall–Kier alpha value is -1.31. The SMILES string of the molecule is [CH2]CCc1cccc(NC(=O)CCCCC)c1. The van der Waals surface area contributed by atoms with E-state index in [1.807, 2.05) is 18.2 Å². The molecule has 1 radical (unpaired) electrons. The largest absolute Gasteiger partial charge is 0.326 e. The van der Waals surface area contributed by atoms with Crippen LogP contribution in [0, 0.1) is 6.92 Å². The average Bonchev–Trinajstić information content (AvgIpc) is 2.30. The maximum atomic E-state index is 11.6. The van der Waals surface area contributed by atoms with Gasteiger partial charge in [0.05, 0.1) is 0 Å². The van der Waals surface area contributed by atoms with E-state index in [0.29, 0.717) is 6.42 Å². The lowest BCUT2D eigenvalue weighted by molar-refractivity contribution is -0.116. The lowest BCUT2D eigenvalue weighted by atomic mass is 10.1. The fourth-order valence-electron chi connectivity index (χ4n) is 1.77. The number of carbonyl (C=O) groups excluding carboxylic acids is 1. The molecule has 0 bridgehead atoms. The Balaban J connectivity index is 2.44. The quantitative estimate of drug-likeness (QED) is 0.708. The minimum absolute atomic E-state index is 0.116. The molecule has 0 saturated carbocycles. The van der Waals surface area contributed by atoms with Gasteiger partial charge in [0.1, 0.15) is 0 Å². The molecule has 1 N–H and O–H groups in total. The van der Waals surface area contributed by atoms with Crippen molar-refractivity contribution in [3.63, 3.8) is 0 Å². The number of amides is 1. The minimum atomic E-state index is 0.116. The monoisotopic (exact) mass is 232 g/mol. The summed E-state index contributed by atoms with van der Waals surface area (Å²) in [7, 11) is 0. The van der Waals surface area contributed by atoms with E-state index < -0.39 is 0 Å². The van der Waals surface area contributed by atoms with Gasteiger partial charge in [0.2, 0.25) is 5.91 Å². The van der Waals surface area contributed by atoms with Gasteiger partial charge in [-0.1, -0.05) is 38.8 Å². The van der Waals surface area contributed by atoms with Crippen molar-refractivity contribution in [2.45, 2.75) is 45.4 Å². The standard InChI is InChI=1S/C15H22NO/c1-3-5-6-11-15(17)16-14-10-7-9-13(12-14)8-4-2/h7,9-10,12H,2-6,8,11H2,1H3,(H,16,17). The molecule has 0 spiro atoms. The summed E-state index contributed by atoms with van der Waals surface area (Å²) < 4.78 is 0. The molecule has 0 aromatic heterocycles. The zero-order valence-corrected chi connectivity index (χ0v) is 10.7. The topological polar surface area (TPSA) is 29.1 Å². The van der Waals surface area contributed by atoms with Gasteiger partial charge in [0.15, 0.2) is 0 Å². The van der Waals surface area contributed by atoms with Crippen molar-refractivity contribution < 1.29 is 4.79 Å². The summed E-state index contributed by atoms with van der Waals surface area (Å²) in [6.45, 7) is 5.97. The molecule has 1 amide bonds. The van der Waals surface area contributed by atoms with E-state index in [2.05, 4.69) is 25.2 Å². The summed E-state index contributed by atoms with van der Waals surface area (Å²) in [5, 5.41) is 2.94. The van der Waals surface area contributed by atoms with E-state index >= 15 is 0 Å². The molecule has 1 aromatic rings. The molecule has 0 unspecified atom stereocenters. The molecule has 0 atom stereocenters. The molecule has 2 nitrogen and oxygen atoms in total. The van der Waals surface area contributed by atoms with Crippen LogP contribution in [0.5, 0.6) is 0 Å². The van der Waals surface area contributed by atoms with Crippen LogP contribution in [0.4, 0.5) is 5.69 Å². The molecule has 0 aliphatic carbocycles. The molecule has 0 fully saturated rings. The number of anilines is 1. The highest BCUT2D eigenvalue weighted by molar-refractivity contribution is 5.90. The van der Waals surface area contributed by atoms with E-state index in [4.69, 9.17) is 0 Å². The zero-order chi connectivity index (χ0) is 12.5. The van der Waals surface area contributed by atoms with Crippen LogP contribution in [0.1, 0.15) is 44.6 Å². The Morgan fingerprint density at radius 3 is 2.88 bits per heavy atom. The molecule has 93 valence electrons. The van der Waals surface area contributed by atoms with Gasteiger partial charge in [0, 0.05) is 12.1 Å². The number of carbonyl (C=O) groups is 1. The average molecular weight is 232 g/mol. The third kappa shape index (κ3) is 5.53. The molecule has 1 aromatic carbocycles. The molecule has 17 heavy (non-hydrogen) atoms. The maximum absolute atomic E-state index is 11.6. The molecule has 0 aliphatic heterocycles. The van der Waals surface area contributed by atoms with Crippen molar-refractivity contribution in [3.8, 4) is 0 Å². The minimum Gasteiger partial charge on any atom is -0.326 e. The first-order chi connectivity index (χ1) is 8.26. The van der Waals surface area contributed by atoms with Crippen molar-refractivity contribution in [1.82, 2.24) is 0 Å². The van der Waals surface area contributed by atoms with Gasteiger partial charge in [-0.2, -0.15) is 0 Å². The molecule has 2 heteroatoms. The van der Waals surface area contributed by atoms with Gasteiger partial charge >= 0.3 is 0 Å². The highest BCUT2D eigenvalue weighted by Gasteiger charge is 2.02. The van der Waals surface area contributed by atoms with Crippen molar-refractivity contribution in [2.24, 2.45) is 0 Å². The van der Waals surface area contributed by atoms with E-state index in [-0.39, 0.29) is 5.91 Å². The lowest BCUT2D eigenvalue weighted by Crippen LogP contribution is -2.11. The number of nitrogens with one attached hydrogen (secondary N) is 1. The molecular weight excluding hydrogens is 210 g/mol. The van der Waals surface area contributed by atoms with Gasteiger partial charge < -0.3 is 5.32 Å². The summed E-state index contributed by atoms with van der Waals surface area (Å²) in [6, 6.07) is 8.01. The predicted molar refractivity (Wildman–Crippen MR) is 72.9 cm³/mol. The van der Waals surface area contributed by atoms with Crippen molar-refractivity contribution in [1.29, 1.82) is 0 Å². The van der Waals surface area contributed by atoms with Crippen LogP contribution in [0.2, 0.25) is 0 Å². The molecule has 0 aliphatic rings. The molecule has 1 rings (SSSR count). The zero-order valence-electron chi connectivity index (χ0n) is 10.7. The van der Waals surface area contributed by atoms with E-state index in [1.54, 1.807) is 0 Å². The van der Waals surface area contributed by atoms with Crippen molar-refractivity contribution in [2.75, 3.05) is 5.32 Å². The van der Waals surface area contributed by atoms with Gasteiger partial charge in [-0.05, 0) is 37.0 Å². The van der Waals surface area contributed by atoms with Gasteiger partial charge in [-0.3, -0.25) is 4.79 Å². The first-order valence-corrected chi connectivity index (χ1v) is 6.44. The van der Waals surface area contributed by atoms with Crippen LogP contribution in [-0.2, 0) is 11.2 Å². The summed E-state index contributed by atoms with van der Waals surface area (Å²) in [4.78, 5) is 11.6. The fraction of sp³-hybridized carbons (Fsp3) is 0.467. The van der Waals surface area contributed by atoms with E-state index in [0.717, 1.165) is 37.8 Å². The molecule has 0 saturated heterocycles. The van der Waals surface area contributed by atoms with Crippen molar-refractivity contribution >= 4 is 11.6 Å². The Morgan fingerprint density at radius 2 is 2.18 bits per heavy atom. The van der Waals surface area contributed by atoms with Gasteiger partial charge in [-0.25, -0.2) is 0 Å². The number of hydrogen-bond donors (Lipinski definition) is 1. The lowest BCUT2D eigenvalue weighted by Gasteiger charge is -2.06. The fourth-order valence-corrected chi connectivity index (χ4v) is 1.77. The van der Waals surface area contributed by atoms with Crippen LogP contribution in [0.3, 0.4) is 0 Å². The van der Waals surface area contributed by atoms with Crippen LogP contribution in [0.15, 0.2) is 24.3 Å². The van der Waals surface area contributed by atoms with Gasteiger partial charge in [-0.15, -0.1) is 0 Å². The Bertz CT molecular complexity index is 347. The first-order valence-electron chi connectivity index (χ1n) is 6.44. The Morgan fingerprint density at radius 1 is 1.35 bits per heavy atom. The second-order valence-corrected chi connectivity index (χ2v) is 4.31. The highest BCUT2D eigenvalue weighted by Crippen LogP contribution is 2.13. The smallest absolute Gasteiger partial charge is 0.224 e. The Kier molecular flexibility index (Phi) is 6.38. The predicted octanol–water partition coefficient (Wildman–Crippen LogP) is 3.97. The van der Waals surface area contributed by atoms with Crippen molar-refractivity contribution in [3.05, 3.63) is 36.8 Å². The third-order valence-corrected chi connectivity index (χ3v) is 2.68. The van der Waals surface area contributed by atoms with Crippen LogP contribution in [0.25, 0.3) is 0 Å². The second-order valence-electron chi connectivity index (χ2n) is 4.31. The first kappa shape index (κ1) is 13.8. The van der Waals surface area contributed by atoms with Crippen LogP contribution >= 0.6 is 0 Å². The van der Waals surface area contributed by atoms with E-state index in [9.17, 15) is 4.79 Å². The summed E-state index contributed by atoms with van der Waals surface area (Å²) >= 11 is 0. The number of unbranched alkanes of at least 4 members (excludes halogenated alkanes) is 2. The molecule has 0 heterocycles. The Labute approximate surface area is 104 Å². The van der Waals surface area contributed by atoms with Gasteiger partial charge in [0.25, 0.3) is 0 Å². The normalized spacial score (nSPS) is 10.2. The summed E-state index contributed by atoms with van der Waals surface area (Å²) in [6.07, 6.45) is 5.70. The number of hydrogen-bond acceptors (Lipinski definition) is 1. The summed E-state index contributed by atoms with van der Waals surface area (Å²) in [5.41, 5.74) is 2.13. The number of aryl methyl sites for hydroxylation is 1. The maximum Gasteiger partial charge on any atom is 0.224 e. The highest BCUT2D eigenvalue weighted by atomic mass is 16.1. The second kappa shape index (κ2) is 7.88. The van der Waals surface area contributed by atoms with Crippen LogP contribution < -0.4 is 5.32 Å². The number of benzene rings is 1.